The highest BCUT2D eigenvalue weighted by Gasteiger charge is 2.20. The van der Waals surface area contributed by atoms with Crippen LogP contribution in [0.4, 0.5) is 0 Å². The van der Waals surface area contributed by atoms with Crippen molar-refractivity contribution in [1.29, 1.82) is 0 Å². The second kappa shape index (κ2) is 11.9. The van der Waals surface area contributed by atoms with Crippen molar-refractivity contribution >= 4 is 5.97 Å². The van der Waals surface area contributed by atoms with Gasteiger partial charge >= 0.3 is 5.97 Å². The first kappa shape index (κ1) is 26.5. The van der Waals surface area contributed by atoms with E-state index in [0.717, 1.165) is 22.3 Å². The molecule has 0 aliphatic rings. The first-order valence-corrected chi connectivity index (χ1v) is 10.7. The van der Waals surface area contributed by atoms with Gasteiger partial charge in [-0.1, -0.05) is 25.3 Å². The van der Waals surface area contributed by atoms with E-state index < -0.39 is 12.3 Å². The molecule has 0 fully saturated rings. The molecule has 0 spiro atoms. The van der Waals surface area contributed by atoms with E-state index in [0.29, 0.717) is 22.8 Å². The number of carbonyl (C=O) groups excluding carboxylic acids is 1. The standard InChI is InChI=1S/C28H32O6/c1-17(2)15-31-24-13-22(21-9-11-23(12-10-21)33-27(29)19(5)6)14-25(32-16-18(3)4)26(24)34-28(30)20(7)8/h9-16,27,29H,5,7H2,1-4,6,8H3. The van der Waals surface area contributed by atoms with E-state index in [2.05, 4.69) is 13.2 Å². The average Bonchev–Trinajstić information content (AvgIpc) is 2.77. The van der Waals surface area contributed by atoms with Gasteiger partial charge in [-0.15, -0.1) is 0 Å². The minimum Gasteiger partial charge on any atom is -0.461 e. The maximum absolute atomic E-state index is 12.3. The van der Waals surface area contributed by atoms with Crippen LogP contribution in [0.3, 0.4) is 0 Å². The summed E-state index contributed by atoms with van der Waals surface area (Å²) in [5.74, 6) is 0.672. The SMILES string of the molecule is C=C(C)C(=O)Oc1c(OC=C(C)C)cc(-c2ccc(OC(O)C(=C)C)cc2)cc1OC=C(C)C. The molecule has 1 unspecified atom stereocenters. The molecule has 2 aromatic carbocycles. The molecule has 6 nitrogen and oxygen atoms in total. The van der Waals surface area contributed by atoms with Crippen LogP contribution in [0.15, 0.2) is 84.4 Å². The molecule has 0 aliphatic carbocycles. The monoisotopic (exact) mass is 464 g/mol. The fourth-order valence-electron chi connectivity index (χ4n) is 2.52. The Hall–Kier alpha value is -3.77. The van der Waals surface area contributed by atoms with E-state index in [4.69, 9.17) is 18.9 Å². The second-order valence-electron chi connectivity index (χ2n) is 8.44. The predicted molar refractivity (Wildman–Crippen MR) is 134 cm³/mol. The van der Waals surface area contributed by atoms with Crippen LogP contribution in [-0.4, -0.2) is 17.4 Å². The van der Waals surface area contributed by atoms with Crippen LogP contribution >= 0.6 is 0 Å². The van der Waals surface area contributed by atoms with Crippen LogP contribution in [0.1, 0.15) is 41.5 Å². The van der Waals surface area contributed by atoms with E-state index in [1.54, 1.807) is 50.6 Å². The van der Waals surface area contributed by atoms with E-state index in [9.17, 15) is 9.90 Å². The smallest absolute Gasteiger partial charge is 0.338 e. The Kier molecular flexibility index (Phi) is 9.27. The summed E-state index contributed by atoms with van der Waals surface area (Å²) in [5, 5.41) is 9.87. The van der Waals surface area contributed by atoms with Gasteiger partial charge in [0, 0.05) is 5.57 Å². The summed E-state index contributed by atoms with van der Waals surface area (Å²) < 4.78 is 22.7. The minimum absolute atomic E-state index is 0.149. The number of ether oxygens (including phenoxy) is 4. The van der Waals surface area contributed by atoms with Gasteiger partial charge in [-0.3, -0.25) is 0 Å². The summed E-state index contributed by atoms with van der Waals surface area (Å²) in [6.07, 6.45) is 2.05. The molecule has 0 radical (unpaired) electrons. The molecule has 0 amide bonds. The molecular formula is C28H32O6. The number of hydrogen-bond acceptors (Lipinski definition) is 6. The van der Waals surface area contributed by atoms with E-state index in [-0.39, 0.29) is 11.3 Å². The van der Waals surface area contributed by atoms with Crippen molar-refractivity contribution < 1.29 is 28.8 Å². The molecule has 0 heterocycles. The van der Waals surface area contributed by atoms with Crippen LogP contribution in [0.2, 0.25) is 0 Å². The lowest BCUT2D eigenvalue weighted by atomic mass is 10.0. The summed E-state index contributed by atoms with van der Waals surface area (Å²) in [6, 6.07) is 10.7. The lowest BCUT2D eigenvalue weighted by Crippen LogP contribution is -2.15. The van der Waals surface area contributed by atoms with Crippen LogP contribution in [0, 0.1) is 0 Å². The Morgan fingerprint density at radius 3 is 1.76 bits per heavy atom. The van der Waals surface area contributed by atoms with Crippen molar-refractivity contribution in [2.24, 2.45) is 0 Å². The normalized spacial score (nSPS) is 11.0. The predicted octanol–water partition coefficient (Wildman–Crippen LogP) is 6.71. The maximum Gasteiger partial charge on any atom is 0.338 e. The second-order valence-corrected chi connectivity index (χ2v) is 8.44. The number of rotatable bonds is 10. The van der Waals surface area contributed by atoms with Gasteiger partial charge in [-0.05, 0) is 93.7 Å². The molecule has 34 heavy (non-hydrogen) atoms. The van der Waals surface area contributed by atoms with E-state index >= 15 is 0 Å². The van der Waals surface area contributed by atoms with Gasteiger partial charge in [-0.25, -0.2) is 4.79 Å². The zero-order valence-corrected chi connectivity index (χ0v) is 20.6. The Morgan fingerprint density at radius 1 is 0.853 bits per heavy atom. The van der Waals surface area contributed by atoms with Crippen molar-refractivity contribution in [3.8, 4) is 34.1 Å². The fourth-order valence-corrected chi connectivity index (χ4v) is 2.52. The van der Waals surface area contributed by atoms with Gasteiger partial charge in [0.2, 0.25) is 12.0 Å². The first-order valence-electron chi connectivity index (χ1n) is 10.7. The molecule has 0 saturated heterocycles. The lowest BCUT2D eigenvalue weighted by Gasteiger charge is -2.17. The van der Waals surface area contributed by atoms with E-state index in [1.807, 2.05) is 39.8 Å². The number of aliphatic hydroxyl groups excluding tert-OH is 1. The van der Waals surface area contributed by atoms with Gasteiger partial charge in [0.15, 0.2) is 11.5 Å². The maximum atomic E-state index is 12.3. The molecule has 2 aromatic rings. The van der Waals surface area contributed by atoms with Crippen molar-refractivity contribution in [3.05, 3.63) is 84.4 Å². The Labute approximate surface area is 201 Å². The number of esters is 1. The number of allylic oxidation sites excluding steroid dienone is 2. The molecule has 0 bridgehead atoms. The minimum atomic E-state index is -1.08. The topological polar surface area (TPSA) is 74.2 Å². The average molecular weight is 465 g/mol. The largest absolute Gasteiger partial charge is 0.461 e. The van der Waals surface area contributed by atoms with Crippen LogP contribution < -0.4 is 18.9 Å². The number of aliphatic hydroxyl groups is 1. The molecule has 0 aromatic heterocycles. The van der Waals surface area contributed by atoms with Crippen LogP contribution in [-0.2, 0) is 4.79 Å². The molecule has 1 atom stereocenters. The van der Waals surface area contributed by atoms with Gasteiger partial charge in [0.1, 0.15) is 5.75 Å². The highest BCUT2D eigenvalue weighted by molar-refractivity contribution is 5.90. The van der Waals surface area contributed by atoms with Gasteiger partial charge in [0.05, 0.1) is 12.5 Å². The molecule has 0 saturated carbocycles. The number of carbonyl (C=O) groups is 1. The van der Waals surface area contributed by atoms with Crippen molar-refractivity contribution in [1.82, 2.24) is 0 Å². The number of benzene rings is 2. The fraction of sp³-hybridized carbons (Fsp3) is 0.250. The Balaban J connectivity index is 2.58. The third-order valence-corrected chi connectivity index (χ3v) is 4.26. The summed E-state index contributed by atoms with van der Waals surface area (Å²) in [5.41, 5.74) is 4.19. The van der Waals surface area contributed by atoms with Crippen molar-refractivity contribution in [2.45, 2.75) is 47.8 Å². The molecule has 0 aliphatic heterocycles. The zero-order chi connectivity index (χ0) is 25.4. The van der Waals surface area contributed by atoms with E-state index in [1.165, 1.54) is 0 Å². The third-order valence-electron chi connectivity index (χ3n) is 4.26. The highest BCUT2D eigenvalue weighted by Crippen LogP contribution is 2.43. The molecular weight excluding hydrogens is 432 g/mol. The Bertz CT molecular complexity index is 1070. The summed E-state index contributed by atoms with van der Waals surface area (Å²) in [6.45, 7) is 18.1. The van der Waals surface area contributed by atoms with Crippen LogP contribution in [0.5, 0.6) is 23.0 Å². The molecule has 6 heteroatoms. The third kappa shape index (κ3) is 7.67. The lowest BCUT2D eigenvalue weighted by molar-refractivity contribution is -0.130. The van der Waals surface area contributed by atoms with Gasteiger partial charge in [-0.2, -0.15) is 0 Å². The van der Waals surface area contributed by atoms with Gasteiger partial charge in [0.25, 0.3) is 0 Å². The molecule has 180 valence electrons. The molecule has 1 N–H and O–H groups in total. The van der Waals surface area contributed by atoms with Gasteiger partial charge < -0.3 is 24.1 Å². The summed E-state index contributed by atoms with van der Waals surface area (Å²) in [7, 11) is 0. The van der Waals surface area contributed by atoms with Crippen molar-refractivity contribution in [3.63, 3.8) is 0 Å². The quantitative estimate of drug-likeness (QED) is 0.105. The van der Waals surface area contributed by atoms with Crippen LogP contribution in [0.25, 0.3) is 11.1 Å². The highest BCUT2D eigenvalue weighted by atomic mass is 16.6. The van der Waals surface area contributed by atoms with Crippen molar-refractivity contribution in [2.75, 3.05) is 0 Å². The summed E-state index contributed by atoms with van der Waals surface area (Å²) >= 11 is 0. The molecule has 2 rings (SSSR count). The first-order chi connectivity index (χ1) is 16.0. The number of hydrogen-bond donors (Lipinski definition) is 1. The zero-order valence-electron chi connectivity index (χ0n) is 20.6. The Morgan fingerprint density at radius 2 is 1.35 bits per heavy atom. The summed E-state index contributed by atoms with van der Waals surface area (Å²) in [4.78, 5) is 12.3.